The summed E-state index contributed by atoms with van der Waals surface area (Å²) in [5.74, 6) is 0.0341. The highest BCUT2D eigenvalue weighted by Crippen LogP contribution is 2.27. The lowest BCUT2D eigenvalue weighted by Gasteiger charge is -2.13. The Labute approximate surface area is 117 Å². The number of benzene rings is 1. The molecule has 0 aliphatic carbocycles. The maximum Gasteiger partial charge on any atom is 0.239 e. The molecule has 2 aromatic rings. The van der Waals surface area contributed by atoms with Gasteiger partial charge < -0.3 is 0 Å². The molecule has 1 aliphatic rings. The third kappa shape index (κ3) is 2.32. The first-order chi connectivity index (χ1) is 9.75. The highest BCUT2D eigenvalue weighted by atomic mass is 16.2. The molecule has 1 amide bonds. The Balaban J connectivity index is 2.02. The fourth-order valence-corrected chi connectivity index (χ4v) is 2.39. The van der Waals surface area contributed by atoms with E-state index in [9.17, 15) is 4.79 Å². The van der Waals surface area contributed by atoms with E-state index in [0.29, 0.717) is 6.54 Å². The molecule has 1 aliphatic heterocycles. The van der Waals surface area contributed by atoms with Crippen molar-refractivity contribution in [3.63, 3.8) is 0 Å². The van der Waals surface area contributed by atoms with Gasteiger partial charge in [0.2, 0.25) is 5.91 Å². The second kappa shape index (κ2) is 5.25. The number of pyridine rings is 1. The minimum absolute atomic E-state index is 0.0446. The molecule has 2 heterocycles. The lowest BCUT2D eigenvalue weighted by molar-refractivity contribution is -0.128. The molecule has 4 heteroatoms. The maximum atomic E-state index is 11.6. The maximum absolute atomic E-state index is 11.6. The molecule has 0 saturated carbocycles. The average molecular weight is 265 g/mol. The van der Waals surface area contributed by atoms with E-state index >= 15 is 0 Å². The van der Waals surface area contributed by atoms with E-state index in [1.807, 2.05) is 36.4 Å². The van der Waals surface area contributed by atoms with Crippen molar-refractivity contribution in [2.75, 3.05) is 6.54 Å². The van der Waals surface area contributed by atoms with Crippen molar-refractivity contribution in [2.24, 2.45) is 5.10 Å². The summed E-state index contributed by atoms with van der Waals surface area (Å²) < 4.78 is 0. The Bertz CT molecular complexity index is 637. The van der Waals surface area contributed by atoms with E-state index < -0.39 is 0 Å². The van der Waals surface area contributed by atoms with Crippen LogP contribution in [0.5, 0.6) is 0 Å². The van der Waals surface area contributed by atoms with Crippen LogP contribution < -0.4 is 0 Å². The predicted molar refractivity (Wildman–Crippen MR) is 77.3 cm³/mol. The monoisotopic (exact) mass is 265 g/mol. The van der Waals surface area contributed by atoms with Crippen LogP contribution in [-0.4, -0.2) is 28.2 Å². The third-order valence-electron chi connectivity index (χ3n) is 3.41. The van der Waals surface area contributed by atoms with Gasteiger partial charge in [0.1, 0.15) is 0 Å². The molecule has 4 nitrogen and oxygen atoms in total. The number of carbonyl (C=O) groups excluding carboxylic acids is 1. The number of nitrogens with zero attached hydrogens (tertiary/aromatic N) is 3. The number of amides is 1. The molecular formula is C16H15N3O. The van der Waals surface area contributed by atoms with Crippen molar-refractivity contribution >= 4 is 11.6 Å². The molecule has 100 valence electrons. The largest absolute Gasteiger partial charge is 0.273 e. The third-order valence-corrected chi connectivity index (χ3v) is 3.41. The highest BCUT2D eigenvalue weighted by molar-refractivity contribution is 6.05. The Morgan fingerprint density at radius 1 is 1.15 bits per heavy atom. The zero-order valence-electron chi connectivity index (χ0n) is 11.2. The number of carbonyl (C=O) groups is 1. The molecule has 0 bridgehead atoms. The van der Waals surface area contributed by atoms with Crippen LogP contribution in [0.25, 0.3) is 0 Å². The molecule has 0 spiro atoms. The second-order valence-corrected chi connectivity index (χ2v) is 4.76. The summed E-state index contributed by atoms with van der Waals surface area (Å²) in [5, 5.41) is 5.97. The summed E-state index contributed by atoms with van der Waals surface area (Å²) in [6.07, 6.45) is 1.75. The summed E-state index contributed by atoms with van der Waals surface area (Å²) in [4.78, 5) is 16.0. The molecular weight excluding hydrogens is 250 g/mol. The van der Waals surface area contributed by atoms with Crippen LogP contribution >= 0.6 is 0 Å². The molecule has 1 atom stereocenters. The van der Waals surface area contributed by atoms with Crippen molar-refractivity contribution in [3.8, 4) is 0 Å². The number of hydrazone groups is 1. The van der Waals surface area contributed by atoms with E-state index in [1.165, 1.54) is 11.9 Å². The van der Waals surface area contributed by atoms with Crippen LogP contribution in [0.1, 0.15) is 24.1 Å². The number of hydrogen-bond donors (Lipinski definition) is 0. The first-order valence-corrected chi connectivity index (χ1v) is 6.58. The zero-order chi connectivity index (χ0) is 13.9. The number of hydrogen-bond acceptors (Lipinski definition) is 3. The van der Waals surface area contributed by atoms with Gasteiger partial charge in [0, 0.05) is 13.1 Å². The van der Waals surface area contributed by atoms with Crippen LogP contribution in [0.4, 0.5) is 0 Å². The van der Waals surface area contributed by atoms with Gasteiger partial charge in [0.05, 0.1) is 23.9 Å². The van der Waals surface area contributed by atoms with Gasteiger partial charge in [-0.05, 0) is 17.7 Å². The van der Waals surface area contributed by atoms with E-state index in [4.69, 9.17) is 0 Å². The van der Waals surface area contributed by atoms with Crippen molar-refractivity contribution in [2.45, 2.75) is 12.8 Å². The number of rotatable bonds is 2. The van der Waals surface area contributed by atoms with Gasteiger partial charge in [-0.2, -0.15) is 5.10 Å². The lowest BCUT2D eigenvalue weighted by Crippen LogP contribution is -2.23. The predicted octanol–water partition coefficient (Wildman–Crippen LogP) is 2.43. The van der Waals surface area contributed by atoms with Crippen molar-refractivity contribution in [1.82, 2.24) is 9.99 Å². The molecule has 20 heavy (non-hydrogen) atoms. The Morgan fingerprint density at radius 2 is 1.90 bits per heavy atom. The average Bonchev–Trinajstić information content (AvgIpc) is 2.94. The minimum Gasteiger partial charge on any atom is -0.273 e. The van der Waals surface area contributed by atoms with Gasteiger partial charge >= 0.3 is 0 Å². The first kappa shape index (κ1) is 12.5. The molecule has 1 aromatic heterocycles. The molecule has 0 radical (unpaired) electrons. The normalized spacial score (nSPS) is 17.9. The standard InChI is InChI=1S/C16H15N3O/c1-12(20)19-11-14(13-7-3-2-4-8-13)16(18-19)15-9-5-6-10-17-15/h2-10,14H,11H2,1H3. The second-order valence-electron chi connectivity index (χ2n) is 4.76. The summed E-state index contributed by atoms with van der Waals surface area (Å²) in [6, 6.07) is 15.9. The lowest BCUT2D eigenvalue weighted by atomic mass is 9.93. The Hall–Kier alpha value is -2.49. The first-order valence-electron chi connectivity index (χ1n) is 6.58. The summed E-state index contributed by atoms with van der Waals surface area (Å²) in [6.45, 7) is 2.11. The van der Waals surface area contributed by atoms with Gasteiger partial charge in [-0.25, -0.2) is 5.01 Å². The molecule has 0 N–H and O–H groups in total. The van der Waals surface area contributed by atoms with Gasteiger partial charge in [-0.1, -0.05) is 36.4 Å². The molecule has 0 saturated heterocycles. The van der Waals surface area contributed by atoms with E-state index in [1.54, 1.807) is 6.20 Å². The van der Waals surface area contributed by atoms with Crippen LogP contribution in [0.2, 0.25) is 0 Å². The SMILES string of the molecule is CC(=O)N1CC(c2ccccc2)C(c2ccccn2)=N1. The minimum atomic E-state index is -0.0446. The van der Waals surface area contributed by atoms with Crippen molar-refractivity contribution < 1.29 is 4.79 Å². The highest BCUT2D eigenvalue weighted by Gasteiger charge is 2.31. The van der Waals surface area contributed by atoms with Crippen molar-refractivity contribution in [3.05, 3.63) is 66.0 Å². The van der Waals surface area contributed by atoms with Crippen LogP contribution in [0.3, 0.4) is 0 Å². The molecule has 1 unspecified atom stereocenters. The molecule has 3 rings (SSSR count). The fraction of sp³-hybridized carbons (Fsp3) is 0.188. The fourth-order valence-electron chi connectivity index (χ4n) is 2.39. The summed E-state index contributed by atoms with van der Waals surface area (Å²) in [7, 11) is 0. The Morgan fingerprint density at radius 3 is 2.55 bits per heavy atom. The quantitative estimate of drug-likeness (QED) is 0.837. The van der Waals surface area contributed by atoms with Crippen molar-refractivity contribution in [1.29, 1.82) is 0 Å². The van der Waals surface area contributed by atoms with Gasteiger partial charge in [0.25, 0.3) is 0 Å². The van der Waals surface area contributed by atoms with Gasteiger partial charge in [-0.15, -0.1) is 0 Å². The molecule has 0 fully saturated rings. The summed E-state index contributed by atoms with van der Waals surface area (Å²) >= 11 is 0. The van der Waals surface area contributed by atoms with Gasteiger partial charge in [-0.3, -0.25) is 9.78 Å². The van der Waals surface area contributed by atoms with Crippen LogP contribution in [0.15, 0.2) is 59.8 Å². The zero-order valence-corrected chi connectivity index (χ0v) is 11.2. The number of aromatic nitrogens is 1. The van der Waals surface area contributed by atoms with Gasteiger partial charge in [0.15, 0.2) is 0 Å². The van der Waals surface area contributed by atoms with E-state index in [-0.39, 0.29) is 11.8 Å². The smallest absolute Gasteiger partial charge is 0.239 e. The van der Waals surface area contributed by atoms with Crippen LogP contribution in [-0.2, 0) is 4.79 Å². The van der Waals surface area contributed by atoms with Crippen LogP contribution in [0, 0.1) is 0 Å². The van der Waals surface area contributed by atoms with E-state index in [0.717, 1.165) is 17.0 Å². The topological polar surface area (TPSA) is 45.6 Å². The molecule has 1 aromatic carbocycles. The Kier molecular flexibility index (Phi) is 3.29. The van der Waals surface area contributed by atoms with E-state index in [2.05, 4.69) is 22.2 Å². The summed E-state index contributed by atoms with van der Waals surface area (Å²) in [5.41, 5.74) is 2.83.